The highest BCUT2D eigenvalue weighted by Crippen LogP contribution is 2.33. The Kier molecular flexibility index (Phi) is 5.75. The lowest BCUT2D eigenvalue weighted by Gasteiger charge is -2.11. The molecule has 12 heteroatoms. The van der Waals surface area contributed by atoms with Crippen LogP contribution in [-0.2, 0) is 0 Å². The molecule has 0 atom stereocenters. The van der Waals surface area contributed by atoms with Gasteiger partial charge in [0.05, 0.1) is 19.7 Å². The van der Waals surface area contributed by atoms with E-state index in [1.165, 1.54) is 0 Å². The van der Waals surface area contributed by atoms with Gasteiger partial charge in [-0.2, -0.15) is 4.98 Å². The summed E-state index contributed by atoms with van der Waals surface area (Å²) in [6.07, 6.45) is 0. The molecule has 35 heavy (non-hydrogen) atoms. The lowest BCUT2D eigenvalue weighted by atomic mass is 10.2. The summed E-state index contributed by atoms with van der Waals surface area (Å²) in [7, 11) is 3.09. The molecule has 12 nitrogen and oxygen atoms in total. The molecule has 0 aliphatic heterocycles. The van der Waals surface area contributed by atoms with Gasteiger partial charge in [-0.3, -0.25) is 4.79 Å². The normalized spacial score (nSPS) is 11.0. The molecule has 0 bridgehead atoms. The Morgan fingerprint density at radius 1 is 1.06 bits per heavy atom. The number of nitrogens with zero attached hydrogens (tertiary/aromatic N) is 4. The van der Waals surface area contributed by atoms with Crippen molar-refractivity contribution < 1.29 is 18.7 Å². The second-order valence-corrected chi connectivity index (χ2v) is 7.52. The molecule has 0 saturated carbocycles. The number of nitrogens with one attached hydrogen (secondary N) is 3. The second-order valence-electron chi connectivity index (χ2n) is 7.52. The maximum Gasteiger partial charge on any atom is 0.308 e. The van der Waals surface area contributed by atoms with Crippen LogP contribution in [0.1, 0.15) is 10.7 Å². The summed E-state index contributed by atoms with van der Waals surface area (Å²) in [6.45, 7) is 0.600. The van der Waals surface area contributed by atoms with Crippen LogP contribution < -0.4 is 25.8 Å². The van der Waals surface area contributed by atoms with Crippen molar-refractivity contribution in [2.24, 2.45) is 0 Å². The first-order valence-electron chi connectivity index (χ1n) is 10.7. The maximum atomic E-state index is 12.4. The number of rotatable bonds is 8. The van der Waals surface area contributed by atoms with Gasteiger partial charge in [0, 0.05) is 35.4 Å². The van der Waals surface area contributed by atoms with Gasteiger partial charge in [0.15, 0.2) is 11.5 Å². The highest BCUT2D eigenvalue weighted by Gasteiger charge is 2.17. The van der Waals surface area contributed by atoms with Crippen LogP contribution in [0.5, 0.6) is 11.5 Å². The summed E-state index contributed by atoms with van der Waals surface area (Å²) in [5, 5.41) is 15.2. The van der Waals surface area contributed by atoms with Crippen molar-refractivity contribution in [3.8, 4) is 23.1 Å². The maximum absolute atomic E-state index is 12.4. The summed E-state index contributed by atoms with van der Waals surface area (Å²) in [6, 6.07) is 13.1. The van der Waals surface area contributed by atoms with Crippen LogP contribution in [0.4, 0.5) is 11.8 Å². The number of carbonyl (C=O) groups excluding carboxylic acids is 1. The van der Waals surface area contributed by atoms with Crippen molar-refractivity contribution >= 4 is 39.5 Å². The first-order valence-corrected chi connectivity index (χ1v) is 10.7. The zero-order valence-corrected chi connectivity index (χ0v) is 19.0. The SMILES string of the molecule is COc1cc2nc(NCCNC(=O)c3nnc(-c4cc5ccccc5[nH]4)o3)nc(N)c2cc1OC. The van der Waals surface area contributed by atoms with Crippen molar-refractivity contribution in [2.75, 3.05) is 38.4 Å². The smallest absolute Gasteiger partial charge is 0.308 e. The van der Waals surface area contributed by atoms with Gasteiger partial charge in [-0.25, -0.2) is 4.98 Å². The number of benzene rings is 2. The molecule has 5 aromatic rings. The van der Waals surface area contributed by atoms with Gasteiger partial charge in [0.2, 0.25) is 5.95 Å². The number of fused-ring (bicyclic) bond motifs is 2. The number of hydrogen-bond donors (Lipinski definition) is 4. The van der Waals surface area contributed by atoms with E-state index in [9.17, 15) is 4.79 Å². The minimum absolute atomic E-state index is 0.133. The number of anilines is 2. The van der Waals surface area contributed by atoms with Gasteiger partial charge in [-0.15, -0.1) is 10.2 Å². The average Bonchev–Trinajstić information content (AvgIpc) is 3.53. The molecule has 2 aromatic carbocycles. The number of nitrogen functional groups attached to an aromatic ring is 1. The van der Waals surface area contributed by atoms with E-state index >= 15 is 0 Å². The predicted octanol–water partition coefficient (Wildman–Crippen LogP) is 2.60. The highest BCUT2D eigenvalue weighted by molar-refractivity contribution is 5.92. The number of amides is 1. The summed E-state index contributed by atoms with van der Waals surface area (Å²) >= 11 is 0. The Morgan fingerprint density at radius 2 is 1.86 bits per heavy atom. The molecule has 0 spiro atoms. The first kappa shape index (κ1) is 21.9. The number of H-pyrrole nitrogens is 1. The van der Waals surface area contributed by atoms with E-state index in [-0.39, 0.29) is 24.1 Å². The fourth-order valence-electron chi connectivity index (χ4n) is 3.60. The molecule has 0 aliphatic rings. The number of carbonyl (C=O) groups is 1. The number of ether oxygens (including phenoxy) is 2. The summed E-state index contributed by atoms with van der Waals surface area (Å²) in [5.41, 5.74) is 8.26. The van der Waals surface area contributed by atoms with Crippen LogP contribution in [0.3, 0.4) is 0 Å². The third-order valence-electron chi connectivity index (χ3n) is 5.30. The predicted molar refractivity (Wildman–Crippen MR) is 129 cm³/mol. The molecule has 178 valence electrons. The molecule has 1 amide bonds. The Morgan fingerprint density at radius 3 is 2.66 bits per heavy atom. The van der Waals surface area contributed by atoms with Gasteiger partial charge in [-0.1, -0.05) is 18.2 Å². The Hall–Kier alpha value is -4.87. The van der Waals surface area contributed by atoms with Crippen molar-refractivity contribution in [1.29, 1.82) is 0 Å². The van der Waals surface area contributed by atoms with Crippen molar-refractivity contribution in [3.05, 3.63) is 48.4 Å². The molecular weight excluding hydrogens is 452 g/mol. The minimum atomic E-state index is -0.488. The topological polar surface area (TPSA) is 166 Å². The molecule has 5 N–H and O–H groups in total. The van der Waals surface area contributed by atoms with Crippen LogP contribution in [0.25, 0.3) is 33.4 Å². The summed E-state index contributed by atoms with van der Waals surface area (Å²) < 4.78 is 16.1. The minimum Gasteiger partial charge on any atom is -0.493 e. The van der Waals surface area contributed by atoms with E-state index in [0.29, 0.717) is 40.6 Å². The molecule has 0 saturated heterocycles. The van der Waals surface area contributed by atoms with Gasteiger partial charge in [-0.05, 0) is 18.2 Å². The Labute approximate surface area is 198 Å². The number of aromatic nitrogens is 5. The molecule has 0 fully saturated rings. The Balaban J connectivity index is 1.20. The van der Waals surface area contributed by atoms with Crippen LogP contribution in [0.15, 0.2) is 46.9 Å². The summed E-state index contributed by atoms with van der Waals surface area (Å²) in [5.74, 6) is 1.28. The van der Waals surface area contributed by atoms with Crippen LogP contribution in [0.2, 0.25) is 0 Å². The zero-order valence-electron chi connectivity index (χ0n) is 19.0. The van der Waals surface area contributed by atoms with Gasteiger partial charge in [0.25, 0.3) is 5.89 Å². The number of nitrogens with two attached hydrogens (primary N) is 1. The number of methoxy groups -OCH3 is 2. The number of aromatic amines is 1. The van der Waals surface area contributed by atoms with Crippen LogP contribution in [-0.4, -0.2) is 58.4 Å². The van der Waals surface area contributed by atoms with E-state index in [1.807, 2.05) is 30.3 Å². The molecule has 5 rings (SSSR count). The largest absolute Gasteiger partial charge is 0.493 e. The zero-order chi connectivity index (χ0) is 24.4. The molecule has 0 unspecified atom stereocenters. The number of para-hydroxylation sites is 1. The van der Waals surface area contributed by atoms with E-state index in [1.54, 1.807) is 26.4 Å². The van der Waals surface area contributed by atoms with E-state index in [4.69, 9.17) is 19.6 Å². The first-order chi connectivity index (χ1) is 17.1. The van der Waals surface area contributed by atoms with Crippen molar-refractivity contribution in [2.45, 2.75) is 0 Å². The lowest BCUT2D eigenvalue weighted by Crippen LogP contribution is -2.29. The van der Waals surface area contributed by atoms with Gasteiger partial charge >= 0.3 is 11.8 Å². The second kappa shape index (κ2) is 9.17. The Bertz CT molecular complexity index is 1490. The van der Waals surface area contributed by atoms with Gasteiger partial charge in [0.1, 0.15) is 11.5 Å². The van der Waals surface area contributed by atoms with Crippen molar-refractivity contribution in [1.82, 2.24) is 30.5 Å². The fourth-order valence-corrected chi connectivity index (χ4v) is 3.60. The van der Waals surface area contributed by atoms with E-state index in [2.05, 4.69) is 35.8 Å². The summed E-state index contributed by atoms with van der Waals surface area (Å²) in [4.78, 5) is 24.3. The number of hydrogen-bond acceptors (Lipinski definition) is 10. The van der Waals surface area contributed by atoms with Crippen molar-refractivity contribution in [3.63, 3.8) is 0 Å². The monoisotopic (exact) mass is 474 g/mol. The van der Waals surface area contributed by atoms with Gasteiger partial charge < -0.3 is 35.2 Å². The fraction of sp³-hybridized carbons (Fsp3) is 0.174. The third kappa shape index (κ3) is 4.36. The third-order valence-corrected chi connectivity index (χ3v) is 5.30. The average molecular weight is 474 g/mol. The lowest BCUT2D eigenvalue weighted by molar-refractivity contribution is 0.0921. The molecule has 3 aromatic heterocycles. The molecule has 3 heterocycles. The molecule has 0 aliphatic carbocycles. The molecular formula is C23H22N8O4. The highest BCUT2D eigenvalue weighted by atomic mass is 16.5. The molecule has 0 radical (unpaired) electrons. The van der Waals surface area contributed by atoms with Crippen LogP contribution >= 0.6 is 0 Å². The standard InChI is InChI=1S/C23H22N8O4/c1-33-17-10-13-15(11-18(17)34-2)28-23(29-19(13)24)26-8-7-25-20(32)22-31-30-21(35-22)16-9-12-5-3-4-6-14(12)27-16/h3-6,9-11,27H,7-8H2,1-2H3,(H,25,32)(H3,24,26,28,29). The quantitative estimate of drug-likeness (QED) is 0.245. The van der Waals surface area contributed by atoms with E-state index in [0.717, 1.165) is 10.9 Å². The van der Waals surface area contributed by atoms with E-state index < -0.39 is 5.91 Å². The van der Waals surface area contributed by atoms with Crippen LogP contribution in [0, 0.1) is 0 Å².